The van der Waals surface area contributed by atoms with E-state index in [4.69, 9.17) is 32.7 Å². The van der Waals surface area contributed by atoms with Crippen LogP contribution in [0.1, 0.15) is 64.9 Å². The first kappa shape index (κ1) is 58.4. The zero-order chi connectivity index (χ0) is 57.3. The first-order valence-electron chi connectivity index (χ1n) is 25.0. The molecule has 0 aromatic heterocycles. The molecule has 4 atom stereocenters. The van der Waals surface area contributed by atoms with Gasteiger partial charge < -0.3 is 35.0 Å². The fourth-order valence-corrected chi connectivity index (χ4v) is 9.10. The van der Waals surface area contributed by atoms with Crippen molar-refractivity contribution < 1.29 is 52.6 Å². The van der Waals surface area contributed by atoms with E-state index in [1.54, 1.807) is 67.6 Å². The number of benzene rings is 6. The predicted molar refractivity (Wildman–Crippen MR) is 301 cm³/mol. The van der Waals surface area contributed by atoms with Crippen LogP contribution in [-0.2, 0) is 44.9 Å². The molecule has 0 bridgehead atoms. The molecule has 80 heavy (non-hydrogen) atoms. The number of nitrogens with zero attached hydrogens (tertiary/aromatic N) is 4. The SMILES string of the molecule is CC[C@@H](C=O)NC(=O)CN1C(=O)C(NC(=O)OCc2ccccc2)N=C(c2ccccc2)c2ccccc21.COc1c(Cl)cc(C(=O)NC2N=C(c3ccccc3)c3ccccc3N(CC(=O)N[C@H](C=O)CC(C)=O)C2=O)cc1Cl. The second-order valence-corrected chi connectivity index (χ2v) is 18.8. The van der Waals surface area contributed by atoms with Gasteiger partial charge in [0, 0.05) is 34.2 Å². The van der Waals surface area contributed by atoms with Gasteiger partial charge in [-0.1, -0.05) is 158 Å². The van der Waals surface area contributed by atoms with Crippen molar-refractivity contribution in [1.82, 2.24) is 21.3 Å². The van der Waals surface area contributed by atoms with Crippen molar-refractivity contribution in [3.8, 4) is 5.75 Å². The fraction of sp³-hybridized carbons (Fsp3) is 0.203. The third kappa shape index (κ3) is 14.8. The standard InChI is InChI=1S/C30H26Cl2N4O6.C29H28N4O5/c1-17(38)12-20(16-37)33-25(39)15-36-24-11-7-6-10-21(24)26(18-8-4-3-5-9-18)34-28(30(36)41)35-29(40)19-13-22(31)27(42-2)23(32)14-19;1-2-22(18-34)30-25(35)17-33-24-16-10-9-15-23(24)26(21-13-7-4-8-14-21)31-27(28(33)36)32-29(37)38-19-20-11-5-3-6-12-20/h3-11,13-14,16,20,28H,12,15H2,1-2H3,(H,33,39)(H,35,40);3-16,18,22,27H,2,17,19H2,1H3,(H,30,35)(H,32,37)/t20-,28?;22-,27?/m00/s1. The lowest BCUT2D eigenvalue weighted by Gasteiger charge is -2.25. The van der Waals surface area contributed by atoms with Crippen molar-refractivity contribution in [1.29, 1.82) is 0 Å². The number of aldehydes is 2. The van der Waals surface area contributed by atoms with Gasteiger partial charge in [0.25, 0.3) is 17.7 Å². The third-order valence-electron chi connectivity index (χ3n) is 12.3. The number of ketones is 1. The summed E-state index contributed by atoms with van der Waals surface area (Å²) in [6.45, 7) is 2.21. The average Bonchev–Trinajstić information content (AvgIpc) is 3.72. The number of hydrogen-bond acceptors (Lipinski definition) is 13. The van der Waals surface area contributed by atoms with E-state index in [-0.39, 0.29) is 46.7 Å². The number of aliphatic imine (C=N–C) groups is 2. The maximum Gasteiger partial charge on any atom is 0.409 e. The molecule has 6 amide bonds. The van der Waals surface area contributed by atoms with Crippen molar-refractivity contribution in [2.75, 3.05) is 30.0 Å². The highest BCUT2D eigenvalue weighted by Gasteiger charge is 2.37. The van der Waals surface area contributed by atoms with E-state index in [1.165, 1.54) is 36.0 Å². The van der Waals surface area contributed by atoms with Crippen LogP contribution < -0.4 is 35.8 Å². The Kier molecular flexibility index (Phi) is 20.3. The number of para-hydroxylation sites is 2. The number of rotatable bonds is 19. The molecule has 6 aromatic rings. The number of nitrogens with one attached hydrogen (secondary N) is 4. The summed E-state index contributed by atoms with van der Waals surface area (Å²) in [5, 5.41) is 10.5. The maximum atomic E-state index is 14.0. The molecule has 4 N–H and O–H groups in total. The number of ether oxygens (including phenoxy) is 2. The lowest BCUT2D eigenvalue weighted by atomic mass is 10.0. The molecule has 410 valence electrons. The second kappa shape index (κ2) is 27.8. The van der Waals surface area contributed by atoms with Crippen LogP contribution >= 0.6 is 23.2 Å². The summed E-state index contributed by atoms with van der Waals surface area (Å²) in [6.07, 6.45) is -2.31. The molecule has 6 aromatic carbocycles. The Morgan fingerprint density at radius 1 is 0.625 bits per heavy atom. The van der Waals surface area contributed by atoms with Gasteiger partial charge in [-0.2, -0.15) is 0 Å². The molecule has 0 fully saturated rings. The molecule has 2 heterocycles. The lowest BCUT2D eigenvalue weighted by Crippen LogP contribution is -2.51. The van der Waals surface area contributed by atoms with Crippen LogP contribution in [0.25, 0.3) is 0 Å². The minimum absolute atomic E-state index is 0.0132. The van der Waals surface area contributed by atoms with E-state index >= 15 is 0 Å². The maximum absolute atomic E-state index is 14.0. The number of halogens is 2. The van der Waals surface area contributed by atoms with Crippen molar-refractivity contribution in [3.05, 3.63) is 195 Å². The zero-order valence-electron chi connectivity index (χ0n) is 43.5. The highest BCUT2D eigenvalue weighted by atomic mass is 35.5. The van der Waals surface area contributed by atoms with Gasteiger partial charge in [-0.15, -0.1) is 0 Å². The Labute approximate surface area is 470 Å². The van der Waals surface area contributed by atoms with Gasteiger partial charge in [-0.05, 0) is 43.2 Å². The number of alkyl carbamates (subject to hydrolysis) is 1. The van der Waals surface area contributed by atoms with Gasteiger partial charge in [0.2, 0.25) is 24.1 Å². The number of methoxy groups -OCH3 is 1. The van der Waals surface area contributed by atoms with E-state index in [0.29, 0.717) is 58.5 Å². The molecule has 0 saturated heterocycles. The summed E-state index contributed by atoms with van der Waals surface area (Å²) in [6, 6.07) is 42.4. The molecular weight excluding hydrogens is 1070 g/mol. The average molecular weight is 1120 g/mol. The van der Waals surface area contributed by atoms with Crippen LogP contribution in [-0.4, -0.2) is 110 Å². The number of Topliss-reactive ketones (excluding diaryl/α,β-unsaturated/α-hetero) is 1. The summed E-state index contributed by atoms with van der Waals surface area (Å²) >= 11 is 12.4. The van der Waals surface area contributed by atoms with Gasteiger partial charge in [0.15, 0.2) is 5.75 Å². The lowest BCUT2D eigenvalue weighted by molar-refractivity contribution is -0.126. The molecule has 19 nitrogen and oxygen atoms in total. The molecule has 0 spiro atoms. The van der Waals surface area contributed by atoms with E-state index in [0.717, 1.165) is 11.1 Å². The fourth-order valence-electron chi connectivity index (χ4n) is 8.46. The quantitative estimate of drug-likeness (QED) is 0.0613. The third-order valence-corrected chi connectivity index (χ3v) is 12.8. The smallest absolute Gasteiger partial charge is 0.409 e. The summed E-state index contributed by atoms with van der Waals surface area (Å²) in [4.78, 5) is 126. The van der Waals surface area contributed by atoms with Crippen LogP contribution in [0.3, 0.4) is 0 Å². The van der Waals surface area contributed by atoms with E-state index in [1.807, 2.05) is 78.9 Å². The first-order valence-corrected chi connectivity index (χ1v) is 25.8. The van der Waals surface area contributed by atoms with Crippen LogP contribution in [0.15, 0.2) is 162 Å². The van der Waals surface area contributed by atoms with Crippen LogP contribution in [0.4, 0.5) is 16.2 Å². The molecule has 2 aliphatic heterocycles. The van der Waals surface area contributed by atoms with Crippen molar-refractivity contribution in [2.24, 2.45) is 9.98 Å². The monoisotopic (exact) mass is 1120 g/mol. The molecule has 0 saturated carbocycles. The van der Waals surface area contributed by atoms with Gasteiger partial charge in [0.1, 0.15) is 38.1 Å². The number of amides is 6. The summed E-state index contributed by atoms with van der Waals surface area (Å²) in [7, 11) is 1.39. The number of carbonyl (C=O) groups is 9. The minimum atomic E-state index is -1.47. The molecule has 21 heteroatoms. The molecule has 0 aliphatic carbocycles. The summed E-state index contributed by atoms with van der Waals surface area (Å²) < 4.78 is 10.5. The number of carbonyl (C=O) groups excluding carboxylic acids is 9. The molecule has 8 rings (SSSR count). The van der Waals surface area contributed by atoms with E-state index < -0.39 is 66.6 Å². The van der Waals surface area contributed by atoms with Gasteiger partial charge in [-0.3, -0.25) is 43.9 Å². The van der Waals surface area contributed by atoms with Crippen molar-refractivity contribution in [2.45, 2.75) is 57.7 Å². The molecular formula is C59H54Cl2N8O11. The Hall–Kier alpha value is -9.33. The van der Waals surface area contributed by atoms with Crippen molar-refractivity contribution in [3.63, 3.8) is 0 Å². The summed E-state index contributed by atoms with van der Waals surface area (Å²) in [5.74, 6) is -3.32. The van der Waals surface area contributed by atoms with Crippen LogP contribution in [0.5, 0.6) is 5.75 Å². The predicted octanol–water partition coefficient (Wildman–Crippen LogP) is 6.82. The van der Waals surface area contributed by atoms with E-state index in [9.17, 15) is 43.2 Å². The summed E-state index contributed by atoms with van der Waals surface area (Å²) in [5.41, 5.74) is 5.09. The normalized spacial score (nSPS) is 15.2. The largest absolute Gasteiger partial charge is 0.494 e. The Bertz CT molecular complexity index is 3320. The molecule has 0 radical (unpaired) electrons. The Morgan fingerprint density at radius 2 is 1.06 bits per heavy atom. The van der Waals surface area contributed by atoms with Crippen LogP contribution in [0.2, 0.25) is 10.0 Å². The topological polar surface area (TPSA) is 251 Å². The Morgan fingerprint density at radius 3 is 1.51 bits per heavy atom. The number of anilines is 2. The van der Waals surface area contributed by atoms with Gasteiger partial charge >= 0.3 is 6.09 Å². The second-order valence-electron chi connectivity index (χ2n) is 18.0. The minimum Gasteiger partial charge on any atom is -0.494 e. The van der Waals surface area contributed by atoms with Gasteiger partial charge in [-0.25, -0.2) is 14.8 Å². The van der Waals surface area contributed by atoms with Gasteiger partial charge in [0.05, 0.1) is 52.0 Å². The zero-order valence-corrected chi connectivity index (χ0v) is 45.0. The Balaban J connectivity index is 0.000000232. The molecule has 2 unspecified atom stereocenters. The van der Waals surface area contributed by atoms with Crippen molar-refractivity contribution >= 4 is 100.0 Å². The molecule has 2 aliphatic rings. The number of benzodiazepines with no additional fused rings is 2. The first-order chi connectivity index (χ1) is 38.6. The van der Waals surface area contributed by atoms with E-state index in [2.05, 4.69) is 31.3 Å². The number of fused-ring (bicyclic) bond motifs is 2. The highest BCUT2D eigenvalue weighted by molar-refractivity contribution is 6.37. The van der Waals surface area contributed by atoms with Crippen LogP contribution in [0, 0.1) is 0 Å². The highest BCUT2D eigenvalue weighted by Crippen LogP contribution is 2.35. The number of hydrogen-bond donors (Lipinski definition) is 4.